The molecule has 0 atom stereocenters. The number of carboxylic acids is 1. The molecule has 0 aromatic heterocycles. The molecule has 3 N–H and O–H groups in total. The molecule has 21 heavy (non-hydrogen) atoms. The maximum absolute atomic E-state index is 12.0. The van der Waals surface area contributed by atoms with E-state index in [4.69, 9.17) is 0 Å². The molecule has 0 aromatic rings. The maximum Gasteiger partial charge on any atom is 0.315 e. The van der Waals surface area contributed by atoms with E-state index in [0.29, 0.717) is 18.8 Å². The summed E-state index contributed by atoms with van der Waals surface area (Å²) in [5.74, 6) is 1.99. The molecule has 0 radical (unpaired) electrons. The number of nitrogens with one attached hydrogen (secondary N) is 2. The Balaban J connectivity index is 1.81. The van der Waals surface area contributed by atoms with Crippen molar-refractivity contribution < 1.29 is 14.7 Å². The normalized spacial score (nSPS) is 30.6. The van der Waals surface area contributed by atoms with Crippen LogP contribution in [0.15, 0.2) is 0 Å². The second-order valence-corrected chi connectivity index (χ2v) is 7.71. The van der Waals surface area contributed by atoms with Gasteiger partial charge in [0.05, 0.1) is 5.41 Å². The molecule has 0 unspecified atom stereocenters. The molecular formula is C15H26N2O3S. The Kier molecular flexibility index (Phi) is 5.79. The highest BCUT2D eigenvalue weighted by atomic mass is 32.2. The Labute approximate surface area is 130 Å². The zero-order valence-corrected chi connectivity index (χ0v) is 13.5. The molecule has 2 aliphatic rings. The summed E-state index contributed by atoms with van der Waals surface area (Å²) in [6.07, 6.45) is 5.16. The Hall–Kier alpha value is -0.910. The molecule has 1 saturated carbocycles. The first-order chi connectivity index (χ1) is 10.0. The van der Waals surface area contributed by atoms with Crippen molar-refractivity contribution in [2.75, 3.05) is 18.1 Å². The molecule has 0 spiro atoms. The minimum atomic E-state index is -0.774. The first-order valence-corrected chi connectivity index (χ1v) is 9.03. The average Bonchev–Trinajstić information content (AvgIpc) is 2.48. The molecule has 1 saturated heterocycles. The predicted octanol–water partition coefficient (Wildman–Crippen LogP) is 2.46. The first kappa shape index (κ1) is 16.5. The van der Waals surface area contributed by atoms with Gasteiger partial charge in [0.2, 0.25) is 0 Å². The van der Waals surface area contributed by atoms with Gasteiger partial charge in [-0.15, -0.1) is 0 Å². The van der Waals surface area contributed by atoms with E-state index >= 15 is 0 Å². The number of urea groups is 1. The van der Waals surface area contributed by atoms with Crippen LogP contribution in [0.2, 0.25) is 0 Å². The lowest BCUT2D eigenvalue weighted by molar-refractivity contribution is -0.151. The Bertz CT molecular complexity index is 375. The third-order valence-electron chi connectivity index (χ3n) is 4.83. The van der Waals surface area contributed by atoms with Crippen LogP contribution in [0.1, 0.15) is 45.4 Å². The van der Waals surface area contributed by atoms with E-state index in [9.17, 15) is 14.7 Å². The van der Waals surface area contributed by atoms with E-state index in [-0.39, 0.29) is 18.6 Å². The van der Waals surface area contributed by atoms with Gasteiger partial charge in [-0.2, -0.15) is 11.8 Å². The van der Waals surface area contributed by atoms with Crippen LogP contribution in [-0.4, -0.2) is 41.2 Å². The molecule has 1 aliphatic heterocycles. The van der Waals surface area contributed by atoms with Gasteiger partial charge in [-0.1, -0.05) is 6.92 Å². The number of amides is 2. The van der Waals surface area contributed by atoms with Gasteiger partial charge < -0.3 is 15.7 Å². The van der Waals surface area contributed by atoms with Crippen LogP contribution in [0.4, 0.5) is 4.79 Å². The van der Waals surface area contributed by atoms with Crippen molar-refractivity contribution in [3.8, 4) is 0 Å². The van der Waals surface area contributed by atoms with Gasteiger partial charge in [0, 0.05) is 12.6 Å². The van der Waals surface area contributed by atoms with Crippen molar-refractivity contribution in [3.63, 3.8) is 0 Å². The number of carboxylic acid groups (broad SMARTS) is 1. The highest BCUT2D eigenvalue weighted by Gasteiger charge is 2.41. The van der Waals surface area contributed by atoms with Crippen LogP contribution in [0.25, 0.3) is 0 Å². The van der Waals surface area contributed by atoms with E-state index < -0.39 is 11.4 Å². The number of rotatable bonds is 4. The topological polar surface area (TPSA) is 78.4 Å². The quantitative estimate of drug-likeness (QED) is 0.745. The molecule has 6 heteroatoms. The van der Waals surface area contributed by atoms with Gasteiger partial charge >= 0.3 is 12.0 Å². The molecule has 5 nitrogen and oxygen atoms in total. The third kappa shape index (κ3) is 4.53. The van der Waals surface area contributed by atoms with Crippen LogP contribution in [0, 0.1) is 11.3 Å². The molecule has 1 aliphatic carbocycles. The second-order valence-electron chi connectivity index (χ2n) is 6.48. The van der Waals surface area contributed by atoms with Crippen LogP contribution in [0.5, 0.6) is 0 Å². The van der Waals surface area contributed by atoms with Crippen molar-refractivity contribution in [1.29, 1.82) is 0 Å². The summed E-state index contributed by atoms with van der Waals surface area (Å²) in [6.45, 7) is 2.40. The molecule has 1 heterocycles. The summed E-state index contributed by atoms with van der Waals surface area (Å²) in [7, 11) is 0. The minimum absolute atomic E-state index is 0.217. The number of hydrogen-bond acceptors (Lipinski definition) is 3. The minimum Gasteiger partial charge on any atom is -0.481 e. The monoisotopic (exact) mass is 314 g/mol. The molecule has 0 bridgehead atoms. The lowest BCUT2D eigenvalue weighted by Crippen LogP contribution is -2.50. The zero-order chi connectivity index (χ0) is 15.3. The summed E-state index contributed by atoms with van der Waals surface area (Å²) in [5, 5.41) is 15.3. The SMILES string of the molecule is CC1CCC(CNC(=O)NC2CCSCC2)(C(=O)O)CC1. The molecule has 120 valence electrons. The first-order valence-electron chi connectivity index (χ1n) is 7.87. The van der Waals surface area contributed by atoms with Crippen molar-refractivity contribution in [2.45, 2.75) is 51.5 Å². The summed E-state index contributed by atoms with van der Waals surface area (Å²) in [6, 6.07) is 0.0181. The van der Waals surface area contributed by atoms with Crippen molar-refractivity contribution in [1.82, 2.24) is 10.6 Å². The Morgan fingerprint density at radius 2 is 1.81 bits per heavy atom. The molecular weight excluding hydrogens is 288 g/mol. The van der Waals surface area contributed by atoms with E-state index in [1.165, 1.54) is 0 Å². The van der Waals surface area contributed by atoms with Crippen molar-refractivity contribution >= 4 is 23.8 Å². The Morgan fingerprint density at radius 3 is 2.38 bits per heavy atom. The van der Waals surface area contributed by atoms with E-state index in [1.54, 1.807) is 0 Å². The van der Waals surface area contributed by atoms with Crippen LogP contribution in [0.3, 0.4) is 0 Å². The lowest BCUT2D eigenvalue weighted by atomic mass is 9.71. The van der Waals surface area contributed by atoms with E-state index in [2.05, 4.69) is 17.6 Å². The average molecular weight is 314 g/mol. The highest BCUT2D eigenvalue weighted by molar-refractivity contribution is 7.99. The highest BCUT2D eigenvalue weighted by Crippen LogP contribution is 2.38. The smallest absolute Gasteiger partial charge is 0.315 e. The number of thioether (sulfide) groups is 1. The summed E-state index contributed by atoms with van der Waals surface area (Å²) < 4.78 is 0. The van der Waals surface area contributed by atoms with Crippen LogP contribution >= 0.6 is 11.8 Å². The molecule has 2 rings (SSSR count). The number of aliphatic carboxylic acids is 1. The second kappa shape index (κ2) is 7.38. The predicted molar refractivity (Wildman–Crippen MR) is 84.6 cm³/mol. The van der Waals surface area contributed by atoms with Gasteiger partial charge in [-0.05, 0) is 55.9 Å². The fourth-order valence-electron chi connectivity index (χ4n) is 3.11. The van der Waals surface area contributed by atoms with Gasteiger partial charge in [0.15, 0.2) is 0 Å². The molecule has 2 amide bonds. The largest absolute Gasteiger partial charge is 0.481 e. The number of hydrogen-bond donors (Lipinski definition) is 3. The van der Waals surface area contributed by atoms with Crippen molar-refractivity contribution in [3.05, 3.63) is 0 Å². The maximum atomic E-state index is 12.0. The number of carbonyl (C=O) groups is 2. The fourth-order valence-corrected chi connectivity index (χ4v) is 4.22. The van der Waals surface area contributed by atoms with Crippen LogP contribution in [-0.2, 0) is 4.79 Å². The zero-order valence-electron chi connectivity index (χ0n) is 12.7. The van der Waals surface area contributed by atoms with Gasteiger partial charge in [-0.25, -0.2) is 4.79 Å². The molecule has 0 aromatic carbocycles. The van der Waals surface area contributed by atoms with Crippen molar-refractivity contribution in [2.24, 2.45) is 11.3 Å². The van der Waals surface area contributed by atoms with Gasteiger partial charge in [0.1, 0.15) is 0 Å². The summed E-state index contributed by atoms with van der Waals surface area (Å²) in [5.41, 5.74) is -0.772. The van der Waals surface area contributed by atoms with E-state index in [1.807, 2.05) is 11.8 Å². The molecule has 2 fully saturated rings. The lowest BCUT2D eigenvalue weighted by Gasteiger charge is -2.36. The standard InChI is InChI=1S/C15H26N2O3S/c1-11-2-6-15(7-3-11,13(18)19)10-16-14(20)17-12-4-8-21-9-5-12/h11-12H,2-10H2,1H3,(H,18,19)(H2,16,17,20). The number of carbonyl (C=O) groups excluding carboxylic acids is 1. The Morgan fingerprint density at radius 1 is 1.19 bits per heavy atom. The fraction of sp³-hybridized carbons (Fsp3) is 0.867. The van der Waals surface area contributed by atoms with Gasteiger partial charge in [0.25, 0.3) is 0 Å². The van der Waals surface area contributed by atoms with E-state index in [0.717, 1.165) is 37.2 Å². The summed E-state index contributed by atoms with van der Waals surface area (Å²) in [4.78, 5) is 23.6. The van der Waals surface area contributed by atoms with Crippen LogP contribution < -0.4 is 10.6 Å². The third-order valence-corrected chi connectivity index (χ3v) is 5.88. The summed E-state index contributed by atoms with van der Waals surface area (Å²) >= 11 is 1.92. The van der Waals surface area contributed by atoms with Gasteiger partial charge in [-0.3, -0.25) is 4.79 Å².